The molecule has 2 atom stereocenters. The first kappa shape index (κ1) is 20.5. The van der Waals surface area contributed by atoms with Gasteiger partial charge in [0, 0.05) is 0 Å². The van der Waals surface area contributed by atoms with E-state index in [4.69, 9.17) is 0 Å². The number of aryl methyl sites for hydroxylation is 1. The van der Waals surface area contributed by atoms with Crippen molar-refractivity contribution in [1.82, 2.24) is 0 Å². The van der Waals surface area contributed by atoms with Crippen molar-refractivity contribution in [3.05, 3.63) is 35.4 Å². The second kappa shape index (κ2) is 10.4. The molecule has 1 aliphatic rings. The molecule has 0 nitrogen and oxygen atoms in total. The zero-order valence-electron chi connectivity index (χ0n) is 17.4. The molecule has 0 amide bonds. The molecule has 0 saturated carbocycles. The summed E-state index contributed by atoms with van der Waals surface area (Å²) in [5.41, 5.74) is 3.84. The minimum atomic E-state index is 0.472. The molecule has 2 rings (SSSR count). The quantitative estimate of drug-likeness (QED) is 0.360. The molecule has 1 aromatic rings. The standard InChI is InChI=1S/C25H42/c1-5-9-13-21(7-3)19-25(20-22(8-4)14-10-6-2)18-17-23-15-11-12-16-24(23)25/h11-12,15-16,21-22H,5-10,13-14,17-20H2,1-4H3. The van der Waals surface area contributed by atoms with Crippen LogP contribution < -0.4 is 0 Å². The molecule has 25 heavy (non-hydrogen) atoms. The Labute approximate surface area is 157 Å². The molecule has 0 N–H and O–H groups in total. The topological polar surface area (TPSA) is 0 Å². The summed E-state index contributed by atoms with van der Waals surface area (Å²) in [7, 11) is 0. The third-order valence-electron chi connectivity index (χ3n) is 6.91. The van der Waals surface area contributed by atoms with E-state index in [1.54, 1.807) is 11.1 Å². The maximum absolute atomic E-state index is 2.47. The second-order valence-corrected chi connectivity index (χ2v) is 8.68. The summed E-state index contributed by atoms with van der Waals surface area (Å²) in [6.45, 7) is 9.52. The summed E-state index contributed by atoms with van der Waals surface area (Å²) in [6.07, 6.45) is 16.7. The lowest BCUT2D eigenvalue weighted by atomic mass is 9.67. The Bertz CT molecular complexity index is 469. The molecule has 142 valence electrons. The van der Waals surface area contributed by atoms with Crippen LogP contribution in [0.2, 0.25) is 0 Å². The predicted octanol–water partition coefficient (Wildman–Crippen LogP) is 8.08. The van der Waals surface area contributed by atoms with Gasteiger partial charge in [0.15, 0.2) is 0 Å². The molecular formula is C25H42. The largest absolute Gasteiger partial charge is 0.0654 e. The highest BCUT2D eigenvalue weighted by atomic mass is 14.4. The van der Waals surface area contributed by atoms with Crippen LogP contribution in [-0.4, -0.2) is 0 Å². The van der Waals surface area contributed by atoms with E-state index in [1.165, 1.54) is 77.0 Å². The number of fused-ring (bicyclic) bond motifs is 1. The van der Waals surface area contributed by atoms with E-state index >= 15 is 0 Å². The summed E-state index contributed by atoms with van der Waals surface area (Å²) in [5, 5.41) is 0. The van der Waals surface area contributed by atoms with Crippen LogP contribution in [0.3, 0.4) is 0 Å². The average molecular weight is 343 g/mol. The minimum Gasteiger partial charge on any atom is -0.0654 e. The summed E-state index contributed by atoms with van der Waals surface area (Å²) >= 11 is 0. The zero-order valence-corrected chi connectivity index (χ0v) is 17.4. The second-order valence-electron chi connectivity index (χ2n) is 8.68. The molecule has 1 aromatic carbocycles. The summed E-state index contributed by atoms with van der Waals surface area (Å²) in [4.78, 5) is 0. The fraction of sp³-hybridized carbons (Fsp3) is 0.760. The average Bonchev–Trinajstić information content (AvgIpc) is 3.01. The van der Waals surface area contributed by atoms with Gasteiger partial charge < -0.3 is 0 Å². The first-order chi connectivity index (χ1) is 12.2. The fourth-order valence-corrected chi connectivity index (χ4v) is 5.26. The van der Waals surface area contributed by atoms with Crippen molar-refractivity contribution in [3.63, 3.8) is 0 Å². The smallest absolute Gasteiger partial charge is 0.00358 e. The Morgan fingerprint density at radius 2 is 1.40 bits per heavy atom. The molecule has 1 aliphatic carbocycles. The highest BCUT2D eigenvalue weighted by Crippen LogP contribution is 2.49. The van der Waals surface area contributed by atoms with Crippen LogP contribution in [0.25, 0.3) is 0 Å². The number of hydrogen-bond donors (Lipinski definition) is 0. The Morgan fingerprint density at radius 1 is 0.840 bits per heavy atom. The first-order valence-corrected chi connectivity index (χ1v) is 11.3. The number of benzene rings is 1. The molecule has 0 saturated heterocycles. The number of rotatable bonds is 12. The van der Waals surface area contributed by atoms with Gasteiger partial charge in [0.2, 0.25) is 0 Å². The molecule has 0 spiro atoms. The Kier molecular flexibility index (Phi) is 8.53. The lowest BCUT2D eigenvalue weighted by Crippen LogP contribution is -2.29. The van der Waals surface area contributed by atoms with Gasteiger partial charge in [0.1, 0.15) is 0 Å². The van der Waals surface area contributed by atoms with Crippen LogP contribution in [0.1, 0.15) is 109 Å². The highest BCUT2D eigenvalue weighted by molar-refractivity contribution is 5.39. The molecule has 0 radical (unpaired) electrons. The molecule has 2 unspecified atom stereocenters. The maximum Gasteiger partial charge on any atom is -0.00358 e. The summed E-state index contributed by atoms with van der Waals surface area (Å²) < 4.78 is 0. The third-order valence-corrected chi connectivity index (χ3v) is 6.91. The maximum atomic E-state index is 2.47. The van der Waals surface area contributed by atoms with Gasteiger partial charge in [0.25, 0.3) is 0 Å². The van der Waals surface area contributed by atoms with E-state index in [2.05, 4.69) is 52.0 Å². The van der Waals surface area contributed by atoms with Gasteiger partial charge in [-0.3, -0.25) is 0 Å². The van der Waals surface area contributed by atoms with Crippen molar-refractivity contribution in [3.8, 4) is 0 Å². The van der Waals surface area contributed by atoms with Crippen LogP contribution in [-0.2, 0) is 11.8 Å². The predicted molar refractivity (Wildman–Crippen MR) is 112 cm³/mol. The van der Waals surface area contributed by atoms with E-state index in [0.717, 1.165) is 11.8 Å². The molecule has 0 aromatic heterocycles. The number of hydrogen-bond acceptors (Lipinski definition) is 0. The minimum absolute atomic E-state index is 0.472. The van der Waals surface area contributed by atoms with Crippen LogP contribution >= 0.6 is 0 Å². The normalized spacial score (nSPS) is 21.9. The zero-order chi connectivity index (χ0) is 18.1. The van der Waals surface area contributed by atoms with Crippen molar-refractivity contribution in [2.24, 2.45) is 11.8 Å². The number of unbranched alkanes of at least 4 members (excludes halogenated alkanes) is 2. The first-order valence-electron chi connectivity index (χ1n) is 11.3. The lowest BCUT2D eigenvalue weighted by Gasteiger charge is -2.37. The van der Waals surface area contributed by atoms with Crippen LogP contribution in [0, 0.1) is 11.8 Å². The fourth-order valence-electron chi connectivity index (χ4n) is 5.26. The van der Waals surface area contributed by atoms with Crippen molar-refractivity contribution >= 4 is 0 Å². The SMILES string of the molecule is CCCCC(CC)CC1(CC(CC)CCCC)CCc2ccccc21. The van der Waals surface area contributed by atoms with Gasteiger partial charge in [0.05, 0.1) is 0 Å². The molecule has 0 fully saturated rings. The van der Waals surface area contributed by atoms with Crippen molar-refractivity contribution in [1.29, 1.82) is 0 Å². The third kappa shape index (κ3) is 5.35. The van der Waals surface area contributed by atoms with E-state index in [-0.39, 0.29) is 0 Å². The summed E-state index contributed by atoms with van der Waals surface area (Å²) in [6, 6.07) is 9.41. The van der Waals surface area contributed by atoms with Crippen molar-refractivity contribution < 1.29 is 0 Å². The Morgan fingerprint density at radius 3 is 1.92 bits per heavy atom. The van der Waals surface area contributed by atoms with Gasteiger partial charge in [-0.1, -0.05) is 103 Å². The van der Waals surface area contributed by atoms with E-state index < -0.39 is 0 Å². The summed E-state index contributed by atoms with van der Waals surface area (Å²) in [5.74, 6) is 1.82. The highest BCUT2D eigenvalue weighted by Gasteiger charge is 2.40. The van der Waals surface area contributed by atoms with Crippen LogP contribution in [0.15, 0.2) is 24.3 Å². The van der Waals surface area contributed by atoms with E-state index in [0.29, 0.717) is 5.41 Å². The molecule has 0 aliphatic heterocycles. The van der Waals surface area contributed by atoms with Crippen LogP contribution in [0.5, 0.6) is 0 Å². The van der Waals surface area contributed by atoms with Crippen molar-refractivity contribution in [2.45, 2.75) is 110 Å². The van der Waals surface area contributed by atoms with Gasteiger partial charge in [-0.15, -0.1) is 0 Å². The van der Waals surface area contributed by atoms with Gasteiger partial charge in [-0.05, 0) is 54.1 Å². The monoisotopic (exact) mass is 342 g/mol. The van der Waals surface area contributed by atoms with Gasteiger partial charge in [-0.2, -0.15) is 0 Å². The van der Waals surface area contributed by atoms with Gasteiger partial charge in [-0.25, -0.2) is 0 Å². The van der Waals surface area contributed by atoms with E-state index in [1.807, 2.05) is 0 Å². The Balaban J connectivity index is 2.23. The van der Waals surface area contributed by atoms with E-state index in [9.17, 15) is 0 Å². The van der Waals surface area contributed by atoms with Crippen molar-refractivity contribution in [2.75, 3.05) is 0 Å². The van der Waals surface area contributed by atoms with Gasteiger partial charge >= 0.3 is 0 Å². The molecular weight excluding hydrogens is 300 g/mol. The molecule has 0 heterocycles. The lowest BCUT2D eigenvalue weighted by molar-refractivity contribution is 0.225. The molecule has 0 bridgehead atoms. The molecule has 0 heteroatoms. The van der Waals surface area contributed by atoms with Crippen LogP contribution in [0.4, 0.5) is 0 Å². The Hall–Kier alpha value is -0.780.